The lowest BCUT2D eigenvalue weighted by Crippen LogP contribution is -2.29. The van der Waals surface area contributed by atoms with E-state index < -0.39 is 24.1 Å². The van der Waals surface area contributed by atoms with Crippen LogP contribution in [-0.2, 0) is 19.1 Å². The minimum atomic E-state index is -1.68. The summed E-state index contributed by atoms with van der Waals surface area (Å²) in [6.07, 6.45) is -3.33. The highest BCUT2D eigenvalue weighted by Crippen LogP contribution is 2.20. The van der Waals surface area contributed by atoms with Crippen LogP contribution in [0.2, 0.25) is 0 Å². The van der Waals surface area contributed by atoms with Gasteiger partial charge in [0.1, 0.15) is 11.9 Å². The van der Waals surface area contributed by atoms with Gasteiger partial charge in [0, 0.05) is 5.69 Å². The first-order valence-electron chi connectivity index (χ1n) is 6.77. The van der Waals surface area contributed by atoms with Crippen LogP contribution in [0, 0.1) is 0 Å². The Morgan fingerprint density at radius 1 is 1.18 bits per heavy atom. The van der Waals surface area contributed by atoms with Crippen LogP contribution in [0.15, 0.2) is 24.3 Å². The molecular formula is C15H19NO6. The van der Waals surface area contributed by atoms with Gasteiger partial charge in [0.05, 0.1) is 13.0 Å². The quantitative estimate of drug-likeness (QED) is 0.501. The number of aliphatic hydroxyl groups is 2. The molecule has 1 aromatic carbocycles. The topological polar surface area (TPSA) is 113 Å². The molecular weight excluding hydrogens is 290 g/mol. The first-order chi connectivity index (χ1) is 10.3. The number of anilines is 1. The number of hydrogen-bond donors (Lipinski definition) is 3. The molecule has 0 fully saturated rings. The molecule has 1 aromatic rings. The molecule has 120 valence electrons. The van der Waals surface area contributed by atoms with Crippen LogP contribution >= 0.6 is 0 Å². The maximum atomic E-state index is 11.4. The third-order valence-corrected chi connectivity index (χ3v) is 2.77. The van der Waals surface area contributed by atoms with Gasteiger partial charge in [-0.05, 0) is 31.5 Å². The van der Waals surface area contributed by atoms with Crippen molar-refractivity contribution >= 4 is 23.3 Å². The fraction of sp³-hybridized carbons (Fsp3) is 0.400. The summed E-state index contributed by atoms with van der Waals surface area (Å²) in [4.78, 5) is 33.6. The van der Waals surface area contributed by atoms with Crippen LogP contribution in [-0.4, -0.2) is 40.6 Å². The molecule has 22 heavy (non-hydrogen) atoms. The summed E-state index contributed by atoms with van der Waals surface area (Å²) >= 11 is 0. The van der Waals surface area contributed by atoms with Gasteiger partial charge in [-0.15, -0.1) is 0 Å². The van der Waals surface area contributed by atoms with E-state index >= 15 is 0 Å². The molecule has 7 heteroatoms. The van der Waals surface area contributed by atoms with Crippen LogP contribution in [0.4, 0.5) is 5.69 Å². The van der Waals surface area contributed by atoms with E-state index in [0.29, 0.717) is 11.3 Å². The van der Waals surface area contributed by atoms with Gasteiger partial charge in [0.15, 0.2) is 6.10 Å². The van der Waals surface area contributed by atoms with Crippen LogP contribution in [0.1, 0.15) is 31.9 Å². The van der Waals surface area contributed by atoms with Crippen LogP contribution < -0.4 is 5.32 Å². The van der Waals surface area contributed by atoms with Crippen molar-refractivity contribution in [1.82, 2.24) is 0 Å². The van der Waals surface area contributed by atoms with Crippen molar-refractivity contribution in [2.75, 3.05) is 11.9 Å². The van der Waals surface area contributed by atoms with Crippen LogP contribution in [0.25, 0.3) is 0 Å². The van der Waals surface area contributed by atoms with Crippen molar-refractivity contribution < 1.29 is 29.3 Å². The van der Waals surface area contributed by atoms with Crippen LogP contribution in [0.5, 0.6) is 0 Å². The molecule has 0 aromatic heterocycles. The summed E-state index contributed by atoms with van der Waals surface area (Å²) in [5, 5.41) is 22.1. The predicted molar refractivity (Wildman–Crippen MR) is 78.0 cm³/mol. The molecule has 0 saturated carbocycles. The van der Waals surface area contributed by atoms with E-state index in [2.05, 4.69) is 10.1 Å². The van der Waals surface area contributed by atoms with Gasteiger partial charge in [0.25, 0.3) is 0 Å². The number of nitrogens with one attached hydrogen (secondary N) is 1. The Labute approximate surface area is 127 Å². The van der Waals surface area contributed by atoms with E-state index in [0.717, 1.165) is 0 Å². The second kappa shape index (κ2) is 8.26. The molecule has 0 heterocycles. The van der Waals surface area contributed by atoms with Crippen molar-refractivity contribution in [2.45, 2.75) is 32.5 Å². The van der Waals surface area contributed by atoms with E-state index in [-0.39, 0.29) is 18.8 Å². The maximum absolute atomic E-state index is 11.4. The van der Waals surface area contributed by atoms with E-state index in [9.17, 15) is 24.6 Å². The predicted octanol–water partition coefficient (Wildman–Crippen LogP) is 0.562. The molecule has 1 rings (SSSR count). The Morgan fingerprint density at radius 3 is 2.27 bits per heavy atom. The molecule has 0 saturated heterocycles. The minimum Gasteiger partial charge on any atom is -0.464 e. The number of hydrogen-bond acceptors (Lipinski definition) is 6. The molecule has 3 N–H and O–H groups in total. The Hall–Kier alpha value is -2.25. The first kappa shape index (κ1) is 17.8. The zero-order valence-electron chi connectivity index (χ0n) is 12.4. The van der Waals surface area contributed by atoms with E-state index in [4.69, 9.17) is 0 Å². The standard InChI is InChI=1S/C15H19NO6/c1-3-22-15(21)14(20)13(19)10-4-6-11(7-5-10)16-12(18)8-9(2)17/h4-7,13-14,19-20H,3,8H2,1-2H3,(H,16,18). The van der Waals surface area contributed by atoms with Crippen LogP contribution in [0.3, 0.4) is 0 Å². The molecule has 0 aliphatic carbocycles. The molecule has 1 amide bonds. The molecule has 7 nitrogen and oxygen atoms in total. The van der Waals surface area contributed by atoms with Gasteiger partial charge in [0.2, 0.25) is 5.91 Å². The Kier molecular flexibility index (Phi) is 6.68. The van der Waals surface area contributed by atoms with Crippen molar-refractivity contribution in [3.8, 4) is 0 Å². The minimum absolute atomic E-state index is 0.101. The van der Waals surface area contributed by atoms with Crippen molar-refractivity contribution in [3.05, 3.63) is 29.8 Å². The molecule has 2 atom stereocenters. The lowest BCUT2D eigenvalue weighted by Gasteiger charge is -2.17. The highest BCUT2D eigenvalue weighted by Gasteiger charge is 2.26. The van der Waals surface area contributed by atoms with Gasteiger partial charge in [-0.1, -0.05) is 12.1 Å². The second-order valence-corrected chi connectivity index (χ2v) is 4.69. The average molecular weight is 309 g/mol. The number of rotatable bonds is 7. The summed E-state index contributed by atoms with van der Waals surface area (Å²) < 4.78 is 4.62. The Morgan fingerprint density at radius 2 is 1.77 bits per heavy atom. The number of carbonyl (C=O) groups excluding carboxylic acids is 3. The fourth-order valence-electron chi connectivity index (χ4n) is 1.73. The second-order valence-electron chi connectivity index (χ2n) is 4.69. The number of amides is 1. The number of benzene rings is 1. The normalized spacial score (nSPS) is 13.1. The summed E-state index contributed by atoms with van der Waals surface area (Å²) in [5.41, 5.74) is 0.734. The van der Waals surface area contributed by atoms with Gasteiger partial charge in [-0.2, -0.15) is 0 Å². The number of ether oxygens (including phenoxy) is 1. The Balaban J connectivity index is 2.69. The monoisotopic (exact) mass is 309 g/mol. The molecule has 2 unspecified atom stereocenters. The molecule has 0 aliphatic rings. The van der Waals surface area contributed by atoms with Gasteiger partial charge in [-0.25, -0.2) is 4.79 Å². The van der Waals surface area contributed by atoms with Crippen molar-refractivity contribution in [1.29, 1.82) is 0 Å². The maximum Gasteiger partial charge on any atom is 0.338 e. The molecule has 0 radical (unpaired) electrons. The molecule has 0 spiro atoms. The van der Waals surface area contributed by atoms with E-state index in [1.165, 1.54) is 31.2 Å². The third-order valence-electron chi connectivity index (χ3n) is 2.77. The van der Waals surface area contributed by atoms with Crippen molar-refractivity contribution in [3.63, 3.8) is 0 Å². The van der Waals surface area contributed by atoms with Gasteiger partial charge >= 0.3 is 5.97 Å². The zero-order chi connectivity index (χ0) is 16.7. The molecule has 0 aliphatic heterocycles. The number of esters is 1. The number of ketones is 1. The summed E-state index contributed by atoms with van der Waals surface area (Å²) in [6.45, 7) is 3.01. The lowest BCUT2D eigenvalue weighted by atomic mass is 10.0. The third kappa shape index (κ3) is 5.27. The summed E-state index contributed by atoms with van der Waals surface area (Å²) in [7, 11) is 0. The smallest absolute Gasteiger partial charge is 0.338 e. The SMILES string of the molecule is CCOC(=O)C(O)C(O)c1ccc(NC(=O)CC(C)=O)cc1. The summed E-state index contributed by atoms with van der Waals surface area (Å²) in [5.74, 6) is -1.59. The first-order valence-corrected chi connectivity index (χ1v) is 6.77. The molecule has 0 bridgehead atoms. The largest absolute Gasteiger partial charge is 0.464 e. The fourth-order valence-corrected chi connectivity index (χ4v) is 1.73. The van der Waals surface area contributed by atoms with E-state index in [1.807, 2.05) is 0 Å². The van der Waals surface area contributed by atoms with Gasteiger partial charge < -0.3 is 20.3 Å². The number of aliphatic hydroxyl groups excluding tert-OH is 2. The summed E-state index contributed by atoms with van der Waals surface area (Å²) in [6, 6.07) is 5.90. The average Bonchev–Trinajstić information content (AvgIpc) is 2.45. The zero-order valence-corrected chi connectivity index (χ0v) is 12.4. The Bertz CT molecular complexity index is 539. The van der Waals surface area contributed by atoms with Gasteiger partial charge in [-0.3, -0.25) is 9.59 Å². The highest BCUT2D eigenvalue weighted by atomic mass is 16.5. The number of carbonyl (C=O) groups is 3. The lowest BCUT2D eigenvalue weighted by molar-refractivity contribution is -0.159. The van der Waals surface area contributed by atoms with Crippen molar-refractivity contribution in [2.24, 2.45) is 0 Å². The van der Waals surface area contributed by atoms with E-state index in [1.54, 1.807) is 6.92 Å². The highest BCUT2D eigenvalue weighted by molar-refractivity contribution is 6.03. The number of Topliss-reactive ketones (excluding diaryl/α,β-unsaturated/α-hetero) is 1.